The summed E-state index contributed by atoms with van der Waals surface area (Å²) >= 11 is 0. The highest BCUT2D eigenvalue weighted by molar-refractivity contribution is 5.91. The van der Waals surface area contributed by atoms with Gasteiger partial charge in [-0.3, -0.25) is 4.79 Å². The smallest absolute Gasteiger partial charge is 0.252 e. The number of aryl methyl sites for hydroxylation is 1. The summed E-state index contributed by atoms with van der Waals surface area (Å²) in [5.41, 5.74) is 2.60. The van der Waals surface area contributed by atoms with Gasteiger partial charge in [-0.1, -0.05) is 36.4 Å². The molecule has 0 unspecified atom stereocenters. The molecule has 0 atom stereocenters. The fourth-order valence-corrected chi connectivity index (χ4v) is 3.00. The first-order valence-electron chi connectivity index (χ1n) is 8.39. The molecule has 0 aliphatic rings. The molecule has 0 fully saturated rings. The molecule has 0 spiro atoms. The van der Waals surface area contributed by atoms with Gasteiger partial charge in [-0.25, -0.2) is 0 Å². The molecular formula is C19H18N6O. The molecule has 4 rings (SSSR count). The molecule has 7 heteroatoms. The first-order valence-corrected chi connectivity index (χ1v) is 8.39. The number of para-hydroxylation sites is 2. The van der Waals surface area contributed by atoms with E-state index in [1.165, 1.54) is 0 Å². The first-order chi connectivity index (χ1) is 12.7. The van der Waals surface area contributed by atoms with Crippen LogP contribution in [0.5, 0.6) is 0 Å². The molecule has 26 heavy (non-hydrogen) atoms. The fraction of sp³-hybridized carbons (Fsp3) is 0.158. The van der Waals surface area contributed by atoms with Gasteiger partial charge in [0.25, 0.3) is 5.56 Å². The second-order valence-electron chi connectivity index (χ2n) is 5.99. The van der Waals surface area contributed by atoms with E-state index in [1.807, 2.05) is 54.6 Å². The largest absolute Gasteiger partial charge is 0.384 e. The maximum absolute atomic E-state index is 12.2. The van der Waals surface area contributed by atoms with E-state index in [9.17, 15) is 4.79 Å². The Bertz CT molecular complexity index is 1100. The van der Waals surface area contributed by atoms with Crippen LogP contribution in [0.4, 0.5) is 5.69 Å². The van der Waals surface area contributed by atoms with E-state index in [2.05, 4.69) is 20.8 Å². The van der Waals surface area contributed by atoms with Gasteiger partial charge in [-0.2, -0.15) is 4.68 Å². The quantitative estimate of drug-likeness (QED) is 0.599. The minimum absolute atomic E-state index is 0.0414. The minimum Gasteiger partial charge on any atom is -0.384 e. The van der Waals surface area contributed by atoms with Gasteiger partial charge in [0, 0.05) is 37.2 Å². The number of fused-ring (bicyclic) bond motifs is 1. The van der Waals surface area contributed by atoms with Crippen LogP contribution in [-0.4, -0.2) is 31.3 Å². The summed E-state index contributed by atoms with van der Waals surface area (Å²) in [5.74, 6) is 0.761. The summed E-state index contributed by atoms with van der Waals surface area (Å²) in [7, 11) is 1.78. The highest BCUT2D eigenvalue weighted by Crippen LogP contribution is 2.20. The summed E-state index contributed by atoms with van der Waals surface area (Å²) in [4.78, 5) is 12.2. The van der Waals surface area contributed by atoms with Gasteiger partial charge in [0.1, 0.15) is 0 Å². The standard InChI is InChI=1S/C19H18N6O/c1-24-17-10-6-5-9-15(17)16(13-19(24)26)20-12-11-18-21-22-23-25(18)14-7-3-2-4-8-14/h2-10,13,20H,11-12H2,1H3. The molecule has 0 bridgehead atoms. The van der Waals surface area contributed by atoms with E-state index in [0.717, 1.165) is 28.1 Å². The van der Waals surface area contributed by atoms with Crippen molar-refractivity contribution in [2.45, 2.75) is 6.42 Å². The van der Waals surface area contributed by atoms with Crippen LogP contribution in [0.1, 0.15) is 5.82 Å². The predicted octanol–water partition coefficient (Wildman–Crippen LogP) is 2.17. The molecule has 2 aromatic carbocycles. The van der Waals surface area contributed by atoms with Crippen molar-refractivity contribution in [2.24, 2.45) is 7.05 Å². The summed E-state index contributed by atoms with van der Waals surface area (Å²) in [5, 5.41) is 16.3. The van der Waals surface area contributed by atoms with Crippen molar-refractivity contribution in [1.82, 2.24) is 24.8 Å². The molecule has 130 valence electrons. The van der Waals surface area contributed by atoms with Crippen LogP contribution in [0.15, 0.2) is 65.5 Å². The second-order valence-corrected chi connectivity index (χ2v) is 5.99. The van der Waals surface area contributed by atoms with Gasteiger partial charge in [-0.15, -0.1) is 5.10 Å². The lowest BCUT2D eigenvalue weighted by Gasteiger charge is -2.12. The summed E-state index contributed by atoms with van der Waals surface area (Å²) in [6.07, 6.45) is 0.630. The Labute approximate surface area is 149 Å². The number of hydrogen-bond donors (Lipinski definition) is 1. The van der Waals surface area contributed by atoms with Crippen molar-refractivity contribution in [3.05, 3.63) is 76.8 Å². The number of pyridine rings is 1. The number of hydrogen-bond acceptors (Lipinski definition) is 5. The number of aromatic nitrogens is 5. The van der Waals surface area contributed by atoms with Gasteiger partial charge in [0.15, 0.2) is 5.82 Å². The molecule has 2 aromatic heterocycles. The zero-order valence-corrected chi connectivity index (χ0v) is 14.3. The van der Waals surface area contributed by atoms with Crippen LogP contribution in [0, 0.1) is 0 Å². The molecule has 7 nitrogen and oxygen atoms in total. The molecule has 0 radical (unpaired) electrons. The molecule has 0 aliphatic heterocycles. The zero-order chi connectivity index (χ0) is 17.9. The Morgan fingerprint density at radius 2 is 1.81 bits per heavy atom. The maximum Gasteiger partial charge on any atom is 0.252 e. The van der Waals surface area contributed by atoms with Crippen molar-refractivity contribution >= 4 is 16.6 Å². The maximum atomic E-state index is 12.2. The molecule has 0 aliphatic carbocycles. The highest BCUT2D eigenvalue weighted by atomic mass is 16.1. The van der Waals surface area contributed by atoms with Gasteiger partial charge in [-0.05, 0) is 28.6 Å². The number of nitrogens with one attached hydrogen (secondary N) is 1. The van der Waals surface area contributed by atoms with Crippen LogP contribution in [0.25, 0.3) is 16.6 Å². The Morgan fingerprint density at radius 1 is 1.04 bits per heavy atom. The van der Waals surface area contributed by atoms with Gasteiger partial charge in [0.05, 0.1) is 11.2 Å². The van der Waals surface area contributed by atoms with Crippen LogP contribution in [0.3, 0.4) is 0 Å². The number of benzene rings is 2. The average Bonchev–Trinajstić information content (AvgIpc) is 3.15. The van der Waals surface area contributed by atoms with Crippen molar-refractivity contribution in [1.29, 1.82) is 0 Å². The number of anilines is 1. The van der Waals surface area contributed by atoms with Crippen molar-refractivity contribution < 1.29 is 0 Å². The third kappa shape index (κ3) is 2.95. The summed E-state index contributed by atoms with van der Waals surface area (Å²) in [6, 6.07) is 19.2. The normalized spacial score (nSPS) is 11.0. The summed E-state index contributed by atoms with van der Waals surface area (Å²) < 4.78 is 3.38. The Morgan fingerprint density at radius 3 is 2.65 bits per heavy atom. The molecular weight excluding hydrogens is 328 g/mol. The van der Waals surface area contributed by atoms with E-state index < -0.39 is 0 Å². The lowest BCUT2D eigenvalue weighted by atomic mass is 10.1. The van der Waals surface area contributed by atoms with E-state index in [4.69, 9.17) is 0 Å². The van der Waals surface area contributed by atoms with Gasteiger partial charge >= 0.3 is 0 Å². The number of tetrazole rings is 1. The van der Waals surface area contributed by atoms with Gasteiger partial charge < -0.3 is 9.88 Å². The topological polar surface area (TPSA) is 77.6 Å². The van der Waals surface area contributed by atoms with Crippen molar-refractivity contribution in [2.75, 3.05) is 11.9 Å². The predicted molar refractivity (Wildman–Crippen MR) is 101 cm³/mol. The average molecular weight is 346 g/mol. The third-order valence-electron chi connectivity index (χ3n) is 4.35. The Balaban J connectivity index is 1.55. The van der Waals surface area contributed by atoms with Gasteiger partial charge in [0.2, 0.25) is 0 Å². The molecule has 0 saturated carbocycles. The van der Waals surface area contributed by atoms with E-state index in [-0.39, 0.29) is 5.56 Å². The van der Waals surface area contributed by atoms with Crippen LogP contribution >= 0.6 is 0 Å². The molecule has 4 aromatic rings. The minimum atomic E-state index is -0.0414. The fourth-order valence-electron chi connectivity index (χ4n) is 3.00. The molecule has 0 saturated heterocycles. The molecule has 0 amide bonds. The van der Waals surface area contributed by atoms with Crippen LogP contribution in [-0.2, 0) is 13.5 Å². The monoisotopic (exact) mass is 346 g/mol. The highest BCUT2D eigenvalue weighted by Gasteiger charge is 2.09. The lowest BCUT2D eigenvalue weighted by molar-refractivity contribution is 0.760. The van der Waals surface area contributed by atoms with Crippen LogP contribution < -0.4 is 10.9 Å². The first kappa shape index (κ1) is 16.0. The van der Waals surface area contributed by atoms with Crippen molar-refractivity contribution in [3.63, 3.8) is 0 Å². The Kier molecular flexibility index (Phi) is 4.18. The van der Waals surface area contributed by atoms with Crippen molar-refractivity contribution in [3.8, 4) is 5.69 Å². The summed E-state index contributed by atoms with van der Waals surface area (Å²) in [6.45, 7) is 0.615. The SMILES string of the molecule is Cn1c(=O)cc(NCCc2nnnn2-c2ccccc2)c2ccccc21. The van der Waals surface area contributed by atoms with E-state index in [1.54, 1.807) is 22.4 Å². The number of nitrogens with zero attached hydrogens (tertiary/aromatic N) is 5. The van der Waals surface area contributed by atoms with Crippen LogP contribution in [0.2, 0.25) is 0 Å². The lowest BCUT2D eigenvalue weighted by Crippen LogP contribution is -2.18. The van der Waals surface area contributed by atoms with E-state index >= 15 is 0 Å². The zero-order valence-electron chi connectivity index (χ0n) is 14.3. The second kappa shape index (κ2) is 6.79. The molecule has 2 heterocycles. The third-order valence-corrected chi connectivity index (χ3v) is 4.35. The number of rotatable bonds is 5. The molecule has 1 N–H and O–H groups in total. The Hall–Kier alpha value is -3.48. The van der Waals surface area contributed by atoms with E-state index in [0.29, 0.717) is 13.0 Å².